The first-order valence-electron chi connectivity index (χ1n) is 5.80. The van der Waals surface area contributed by atoms with E-state index in [1.807, 2.05) is 48.0 Å². The second-order valence-electron chi connectivity index (χ2n) is 4.13. The van der Waals surface area contributed by atoms with E-state index in [1.165, 1.54) is 11.3 Å². The van der Waals surface area contributed by atoms with Crippen LogP contribution in [0, 0.1) is 0 Å². The van der Waals surface area contributed by atoms with Gasteiger partial charge >= 0.3 is 5.97 Å². The van der Waals surface area contributed by atoms with E-state index in [9.17, 15) is 9.90 Å². The highest BCUT2D eigenvalue weighted by molar-refractivity contribution is 7.11. The van der Waals surface area contributed by atoms with Crippen molar-refractivity contribution in [2.24, 2.45) is 0 Å². The van der Waals surface area contributed by atoms with Crippen LogP contribution >= 0.6 is 11.3 Å². The molecule has 0 spiro atoms. The molecule has 2 N–H and O–H groups in total. The average molecular weight is 269 g/mol. The Balaban J connectivity index is 2.15. The zero-order chi connectivity index (χ0) is 13.2. The number of hydrogen-bond donors (Lipinski definition) is 2. The molecule has 0 saturated carbocycles. The summed E-state index contributed by atoms with van der Waals surface area (Å²) >= 11 is 1.43. The number of carboxylic acid groups (broad SMARTS) is 1. The van der Waals surface area contributed by atoms with E-state index in [1.54, 1.807) is 6.08 Å². The standard InChI is InChI=1S/C15H11NO2S/c17-15(18)12(14-6-3-7-19-14)8-10-9-16-13-5-2-1-4-11(10)13/h1-9,16H,(H,17,18)/b12-8+. The summed E-state index contributed by atoms with van der Waals surface area (Å²) in [5, 5.41) is 12.2. The first-order chi connectivity index (χ1) is 9.25. The van der Waals surface area contributed by atoms with E-state index in [0.717, 1.165) is 21.3 Å². The van der Waals surface area contributed by atoms with Crippen molar-refractivity contribution >= 4 is 39.9 Å². The Kier molecular flexibility index (Phi) is 2.93. The minimum atomic E-state index is -0.910. The van der Waals surface area contributed by atoms with Crippen LogP contribution in [0.25, 0.3) is 22.6 Å². The summed E-state index contributed by atoms with van der Waals surface area (Å²) in [5.74, 6) is -0.910. The van der Waals surface area contributed by atoms with Gasteiger partial charge in [0.1, 0.15) is 0 Å². The van der Waals surface area contributed by atoms with Crippen LogP contribution in [0.15, 0.2) is 48.0 Å². The van der Waals surface area contributed by atoms with Gasteiger partial charge in [-0.15, -0.1) is 11.3 Å². The molecule has 0 unspecified atom stereocenters. The van der Waals surface area contributed by atoms with Crippen molar-refractivity contribution in [3.05, 3.63) is 58.4 Å². The van der Waals surface area contributed by atoms with Crippen LogP contribution in [0.3, 0.4) is 0 Å². The van der Waals surface area contributed by atoms with Crippen LogP contribution < -0.4 is 0 Å². The lowest BCUT2D eigenvalue weighted by molar-refractivity contribution is -0.130. The number of hydrogen-bond acceptors (Lipinski definition) is 2. The van der Waals surface area contributed by atoms with Gasteiger partial charge in [0.25, 0.3) is 0 Å². The summed E-state index contributed by atoms with van der Waals surface area (Å²) in [4.78, 5) is 15.3. The number of H-pyrrole nitrogens is 1. The molecule has 94 valence electrons. The zero-order valence-electron chi connectivity index (χ0n) is 9.96. The van der Waals surface area contributed by atoms with Gasteiger partial charge in [-0.2, -0.15) is 0 Å². The van der Waals surface area contributed by atoms with Crippen molar-refractivity contribution in [3.63, 3.8) is 0 Å². The maximum Gasteiger partial charge on any atom is 0.337 e. The molecule has 4 heteroatoms. The summed E-state index contributed by atoms with van der Waals surface area (Å²) in [6.45, 7) is 0. The molecule has 19 heavy (non-hydrogen) atoms. The Labute approximate surface area is 113 Å². The number of nitrogens with one attached hydrogen (secondary N) is 1. The second-order valence-corrected chi connectivity index (χ2v) is 5.08. The van der Waals surface area contributed by atoms with Gasteiger partial charge in [-0.1, -0.05) is 24.3 Å². The van der Waals surface area contributed by atoms with E-state index >= 15 is 0 Å². The number of aliphatic carboxylic acids is 1. The molecule has 2 heterocycles. The van der Waals surface area contributed by atoms with Crippen LogP contribution in [0.2, 0.25) is 0 Å². The zero-order valence-corrected chi connectivity index (χ0v) is 10.8. The number of carboxylic acids is 1. The first-order valence-corrected chi connectivity index (χ1v) is 6.68. The number of benzene rings is 1. The Morgan fingerprint density at radius 1 is 1.21 bits per heavy atom. The predicted octanol–water partition coefficient (Wildman–Crippen LogP) is 3.85. The van der Waals surface area contributed by atoms with Crippen LogP contribution in [0.4, 0.5) is 0 Å². The highest BCUT2D eigenvalue weighted by Crippen LogP contribution is 2.26. The predicted molar refractivity (Wildman–Crippen MR) is 78.1 cm³/mol. The summed E-state index contributed by atoms with van der Waals surface area (Å²) in [6.07, 6.45) is 3.55. The lowest BCUT2D eigenvalue weighted by Crippen LogP contribution is -1.97. The minimum absolute atomic E-state index is 0.319. The number of para-hydroxylation sites is 1. The molecule has 0 aliphatic rings. The van der Waals surface area contributed by atoms with Crippen molar-refractivity contribution in [2.45, 2.75) is 0 Å². The van der Waals surface area contributed by atoms with Crippen LogP contribution in [-0.2, 0) is 4.79 Å². The first kappa shape index (κ1) is 11.7. The van der Waals surface area contributed by atoms with Crippen molar-refractivity contribution < 1.29 is 9.90 Å². The van der Waals surface area contributed by atoms with E-state index in [-0.39, 0.29) is 0 Å². The van der Waals surface area contributed by atoms with E-state index < -0.39 is 5.97 Å². The van der Waals surface area contributed by atoms with E-state index in [4.69, 9.17) is 0 Å². The fraction of sp³-hybridized carbons (Fsp3) is 0. The van der Waals surface area contributed by atoms with Gasteiger partial charge in [0.15, 0.2) is 0 Å². The Bertz CT molecular complexity index is 753. The number of thiophene rings is 1. The molecule has 0 saturated heterocycles. The van der Waals surface area contributed by atoms with Crippen molar-refractivity contribution in [1.82, 2.24) is 4.98 Å². The molecule has 0 radical (unpaired) electrons. The monoisotopic (exact) mass is 269 g/mol. The van der Waals surface area contributed by atoms with Crippen molar-refractivity contribution in [2.75, 3.05) is 0 Å². The van der Waals surface area contributed by atoms with Crippen LogP contribution in [0.5, 0.6) is 0 Å². The third kappa shape index (κ3) is 2.18. The van der Waals surface area contributed by atoms with Gasteiger partial charge in [0, 0.05) is 27.5 Å². The molecule has 0 amide bonds. The SMILES string of the molecule is O=C(O)/C(=C/c1c[nH]c2ccccc12)c1cccs1. The fourth-order valence-corrected chi connectivity index (χ4v) is 2.77. The third-order valence-corrected chi connectivity index (χ3v) is 3.84. The lowest BCUT2D eigenvalue weighted by Gasteiger charge is -1.98. The van der Waals surface area contributed by atoms with Gasteiger partial charge in [-0.3, -0.25) is 0 Å². The lowest BCUT2D eigenvalue weighted by atomic mass is 10.1. The molecule has 2 aromatic heterocycles. The number of fused-ring (bicyclic) bond motifs is 1. The molecule has 1 aromatic carbocycles. The van der Waals surface area contributed by atoms with Gasteiger partial charge in [-0.25, -0.2) is 4.79 Å². The Hall–Kier alpha value is -2.33. The highest BCUT2D eigenvalue weighted by Gasteiger charge is 2.12. The number of aromatic amines is 1. The summed E-state index contributed by atoms with van der Waals surface area (Å²) < 4.78 is 0. The summed E-state index contributed by atoms with van der Waals surface area (Å²) in [6, 6.07) is 11.5. The maximum absolute atomic E-state index is 11.4. The molecule has 3 aromatic rings. The molecule has 0 fully saturated rings. The molecule has 0 bridgehead atoms. The fourth-order valence-electron chi connectivity index (χ4n) is 2.04. The molecule has 0 aliphatic heterocycles. The van der Waals surface area contributed by atoms with Crippen LogP contribution in [0.1, 0.15) is 10.4 Å². The Morgan fingerprint density at radius 2 is 2.05 bits per heavy atom. The molecule has 3 nitrogen and oxygen atoms in total. The topological polar surface area (TPSA) is 53.1 Å². The van der Waals surface area contributed by atoms with E-state index in [2.05, 4.69) is 4.98 Å². The average Bonchev–Trinajstić information content (AvgIpc) is 3.05. The third-order valence-electron chi connectivity index (χ3n) is 2.94. The quantitative estimate of drug-likeness (QED) is 0.709. The maximum atomic E-state index is 11.4. The molecule has 0 aliphatic carbocycles. The summed E-state index contributed by atoms with van der Waals surface area (Å²) in [7, 11) is 0. The van der Waals surface area contributed by atoms with Gasteiger partial charge in [-0.05, 0) is 23.6 Å². The van der Waals surface area contributed by atoms with Crippen molar-refractivity contribution in [3.8, 4) is 0 Å². The van der Waals surface area contributed by atoms with Crippen molar-refractivity contribution in [1.29, 1.82) is 0 Å². The minimum Gasteiger partial charge on any atom is -0.478 e. The second kappa shape index (κ2) is 4.74. The molecular formula is C15H11NO2S. The van der Waals surface area contributed by atoms with E-state index in [0.29, 0.717) is 5.57 Å². The highest BCUT2D eigenvalue weighted by atomic mass is 32.1. The summed E-state index contributed by atoms with van der Waals surface area (Å²) in [5.41, 5.74) is 2.21. The number of rotatable bonds is 3. The molecular weight excluding hydrogens is 258 g/mol. The van der Waals surface area contributed by atoms with Gasteiger partial charge in [0.2, 0.25) is 0 Å². The smallest absolute Gasteiger partial charge is 0.337 e. The van der Waals surface area contributed by atoms with Gasteiger partial charge < -0.3 is 10.1 Å². The van der Waals surface area contributed by atoms with Crippen LogP contribution in [-0.4, -0.2) is 16.1 Å². The molecule has 0 atom stereocenters. The Morgan fingerprint density at radius 3 is 2.79 bits per heavy atom. The normalized spacial score (nSPS) is 11.9. The number of aromatic nitrogens is 1. The molecule has 3 rings (SSSR count). The number of carbonyl (C=O) groups is 1. The van der Waals surface area contributed by atoms with Gasteiger partial charge in [0.05, 0.1) is 5.57 Å². The largest absolute Gasteiger partial charge is 0.478 e.